The molecule has 0 aliphatic carbocycles. The van der Waals surface area contributed by atoms with Crippen LogP contribution in [-0.2, 0) is 60.3 Å². The second kappa shape index (κ2) is 35.8. The van der Waals surface area contributed by atoms with Gasteiger partial charge in [-0.25, -0.2) is 16.3 Å². The minimum atomic E-state index is 0. The van der Waals surface area contributed by atoms with E-state index in [1.165, 1.54) is 21.5 Å². The number of aromatic nitrogens is 6. The Morgan fingerprint density at radius 3 is 1.19 bits per heavy atom. The van der Waals surface area contributed by atoms with Crippen LogP contribution < -0.4 is 0 Å². The Kier molecular flexibility index (Phi) is 26.1. The minimum Gasteiger partial charge on any atom is -0.507 e. The molecule has 0 aliphatic rings. The van der Waals surface area contributed by atoms with Gasteiger partial charge in [-0.05, 0) is 116 Å². The second-order valence-corrected chi connectivity index (χ2v) is 22.1. The molecule has 0 unspecified atom stereocenters. The average Bonchev–Trinajstić information content (AvgIpc) is 1.81. The van der Waals surface area contributed by atoms with Crippen LogP contribution in [0.4, 0.5) is 0 Å². The molecule has 0 saturated heterocycles. The topological polar surface area (TPSA) is 138 Å². The smallest absolute Gasteiger partial charge is 0.124 e. The van der Waals surface area contributed by atoms with Crippen molar-refractivity contribution in [3.63, 3.8) is 0 Å². The number of fused-ring (bicyclic) bond motifs is 5. The summed E-state index contributed by atoms with van der Waals surface area (Å²) in [6.07, 6.45) is 9.15. The number of hydrogen-bond donors (Lipinski definition) is 3. The quantitative estimate of drug-likeness (QED) is 0.139. The SMILES string of the molecule is Oc1ccccc1-c1ccc2ccccc2n1.Oc1ccccc1-c1nccc2ccccc12.Oc1ccccc1-c1nccc2ccccc12.[Ir].[Ir].[Ir].[c-]1ccccc1-c1cc2ccccc2cn1.[c-]1ccccc1-c1cc2ccccc2cn1.[c-]1ccsc1-c1ccccn1. The third kappa shape index (κ3) is 18.5. The first-order chi connectivity index (χ1) is 46.4. The summed E-state index contributed by atoms with van der Waals surface area (Å²) in [4.78, 5) is 27.5. The molecule has 97 heavy (non-hydrogen) atoms. The van der Waals surface area contributed by atoms with Gasteiger partial charge in [0.1, 0.15) is 17.2 Å². The van der Waals surface area contributed by atoms with Crippen molar-refractivity contribution in [3.05, 3.63) is 358 Å². The van der Waals surface area contributed by atoms with Gasteiger partial charge in [-0.1, -0.05) is 187 Å². The van der Waals surface area contributed by atoms with Crippen LogP contribution in [0.5, 0.6) is 17.2 Å². The Balaban J connectivity index is 0.000000136. The van der Waals surface area contributed by atoms with Crippen LogP contribution in [-0.4, -0.2) is 45.2 Å². The molecule has 479 valence electrons. The first-order valence-electron chi connectivity index (χ1n) is 30.3. The van der Waals surface area contributed by atoms with Gasteiger partial charge in [0.05, 0.1) is 22.6 Å². The molecule has 17 aromatic rings. The normalized spacial score (nSPS) is 10.1. The molecule has 0 bridgehead atoms. The van der Waals surface area contributed by atoms with Crippen molar-refractivity contribution >= 4 is 65.3 Å². The summed E-state index contributed by atoms with van der Waals surface area (Å²) in [6, 6.07) is 107. The molecule has 0 atom stereocenters. The molecule has 10 aromatic carbocycles. The Bertz CT molecular complexity index is 5040. The van der Waals surface area contributed by atoms with Crippen LogP contribution in [0.2, 0.25) is 0 Å². The van der Waals surface area contributed by atoms with Crippen molar-refractivity contribution in [1.82, 2.24) is 29.9 Å². The van der Waals surface area contributed by atoms with Gasteiger partial charge in [0.25, 0.3) is 0 Å². The maximum Gasteiger partial charge on any atom is 0.124 e. The Morgan fingerprint density at radius 1 is 0.289 bits per heavy atom. The van der Waals surface area contributed by atoms with E-state index in [0.717, 1.165) is 99.3 Å². The van der Waals surface area contributed by atoms with Gasteiger partial charge in [-0.15, -0.1) is 77.2 Å². The predicted octanol–water partition coefficient (Wildman–Crippen LogP) is 20.8. The van der Waals surface area contributed by atoms with Crippen molar-refractivity contribution in [2.24, 2.45) is 0 Å². The summed E-state index contributed by atoms with van der Waals surface area (Å²) >= 11 is 1.66. The molecule has 7 heterocycles. The number of hydrogen-bond acceptors (Lipinski definition) is 10. The van der Waals surface area contributed by atoms with E-state index in [1.807, 2.05) is 260 Å². The van der Waals surface area contributed by atoms with Crippen LogP contribution in [0.3, 0.4) is 0 Å². The summed E-state index contributed by atoms with van der Waals surface area (Å²) in [5.41, 5.74) is 10.7. The number of benzene rings is 10. The summed E-state index contributed by atoms with van der Waals surface area (Å²) in [7, 11) is 0. The molecule has 0 saturated carbocycles. The van der Waals surface area contributed by atoms with Gasteiger partial charge in [-0.2, -0.15) is 12.1 Å². The monoisotopic (exact) mass is 1810 g/mol. The number of nitrogens with zero attached hydrogens (tertiary/aromatic N) is 6. The van der Waals surface area contributed by atoms with Gasteiger partial charge in [-0.3, -0.25) is 9.97 Å². The molecular weight excluding hydrogens is 1750 g/mol. The molecule has 0 spiro atoms. The van der Waals surface area contributed by atoms with E-state index >= 15 is 0 Å². The standard InChI is InChI=1S/3C15H11NO.2C15H10N.C9H6NS.3Ir/c17-15-8-4-2-6-12(15)14-10-9-11-5-1-3-7-13(11)16-14;2*17-14-8-4-3-7-13(14)15-12-6-2-1-5-11(12)9-10-16-15;2*1-2-6-12(7-3-1)15-10-13-8-4-5-9-14(13)11-16-15;1-2-6-10-8(4-1)9-5-3-7-11-9;;;/h3*1-10,17H;2*1-6,8-11H;1-4,6-7H;;;/q;;;3*-1;;;. The molecule has 3 radical (unpaired) electrons. The summed E-state index contributed by atoms with van der Waals surface area (Å²) in [5.74, 6) is 0.781. The Hall–Kier alpha value is -10.6. The largest absolute Gasteiger partial charge is 0.507 e. The maximum absolute atomic E-state index is 9.88. The number of phenols is 3. The van der Waals surface area contributed by atoms with Gasteiger partial charge in [0.2, 0.25) is 0 Å². The molecule has 17 rings (SSSR count). The van der Waals surface area contributed by atoms with E-state index in [1.54, 1.807) is 54.2 Å². The maximum atomic E-state index is 9.88. The van der Waals surface area contributed by atoms with Crippen LogP contribution in [0.15, 0.2) is 340 Å². The van der Waals surface area contributed by atoms with Crippen molar-refractivity contribution < 1.29 is 75.6 Å². The number of pyridine rings is 6. The molecule has 0 fully saturated rings. The van der Waals surface area contributed by atoms with Gasteiger partial charge >= 0.3 is 0 Å². The number of phenolic OH excluding ortho intramolecular Hbond substituents is 3. The predicted molar refractivity (Wildman–Crippen MR) is 385 cm³/mol. The van der Waals surface area contributed by atoms with Gasteiger partial charge in [0, 0.05) is 124 Å². The van der Waals surface area contributed by atoms with Crippen LogP contribution >= 0.6 is 11.3 Å². The number of para-hydroxylation sites is 4. The zero-order valence-corrected chi connectivity index (χ0v) is 59.8. The third-order valence-electron chi connectivity index (χ3n) is 15.0. The zero-order chi connectivity index (χ0) is 64.1. The van der Waals surface area contributed by atoms with E-state index in [-0.39, 0.29) is 77.6 Å². The second-order valence-electron chi connectivity index (χ2n) is 21.2. The van der Waals surface area contributed by atoms with Gasteiger partial charge in [0.15, 0.2) is 0 Å². The van der Waals surface area contributed by atoms with Crippen LogP contribution in [0, 0.1) is 18.2 Å². The van der Waals surface area contributed by atoms with Crippen molar-refractivity contribution in [1.29, 1.82) is 0 Å². The fraction of sp³-hybridized carbons (Fsp3) is 0. The number of rotatable bonds is 6. The van der Waals surface area contributed by atoms with E-state index in [9.17, 15) is 15.3 Å². The fourth-order valence-corrected chi connectivity index (χ4v) is 11.0. The third-order valence-corrected chi connectivity index (χ3v) is 15.9. The molecule has 0 amide bonds. The van der Waals surface area contributed by atoms with Gasteiger partial charge < -0.3 is 30.3 Å². The Labute approximate surface area is 607 Å². The fourth-order valence-electron chi connectivity index (χ4n) is 10.4. The Morgan fingerprint density at radius 2 is 0.722 bits per heavy atom. The number of thiophene rings is 1. The summed E-state index contributed by atoms with van der Waals surface area (Å²) in [5, 5.41) is 41.8. The molecule has 13 heteroatoms. The van der Waals surface area contributed by atoms with Crippen molar-refractivity contribution in [3.8, 4) is 84.1 Å². The van der Waals surface area contributed by atoms with E-state index in [4.69, 9.17) is 0 Å². The summed E-state index contributed by atoms with van der Waals surface area (Å²) in [6.45, 7) is 0. The first kappa shape index (κ1) is 70.8. The molecule has 3 N–H and O–H groups in total. The van der Waals surface area contributed by atoms with Crippen molar-refractivity contribution in [2.45, 2.75) is 0 Å². The van der Waals surface area contributed by atoms with E-state index < -0.39 is 0 Å². The van der Waals surface area contributed by atoms with E-state index in [0.29, 0.717) is 0 Å². The van der Waals surface area contributed by atoms with Crippen LogP contribution in [0.1, 0.15) is 0 Å². The zero-order valence-electron chi connectivity index (χ0n) is 51.8. The van der Waals surface area contributed by atoms with E-state index in [2.05, 4.69) is 84.5 Å². The van der Waals surface area contributed by atoms with Crippen LogP contribution in [0.25, 0.3) is 121 Å². The average molecular weight is 1810 g/mol. The molecule has 7 aromatic heterocycles. The van der Waals surface area contributed by atoms with Crippen molar-refractivity contribution in [2.75, 3.05) is 0 Å². The molecular formula is C84H59Ir3N6O3S-3. The minimum absolute atomic E-state index is 0. The molecule has 9 nitrogen and oxygen atoms in total. The first-order valence-corrected chi connectivity index (χ1v) is 31.2. The summed E-state index contributed by atoms with van der Waals surface area (Å²) < 4.78 is 0. The number of aromatic hydroxyl groups is 3. The molecule has 0 aliphatic heterocycles.